The molecule has 0 spiro atoms. The van der Waals surface area contributed by atoms with Crippen molar-refractivity contribution in [2.75, 3.05) is 74.4 Å². The molecule has 20 aliphatic rings. The molecule has 0 radical (unpaired) electrons. The standard InChI is InChI=1S/C23H40O3.C23H38O2.2C22H36O2.C22H34O2.2C2H7P.CH3F.BH4.Na.9H2/c1-15(24)18-7-8-19-17-6-5-16-13-21(2,25)11-12-23(16,14-26-4)20(17)9-10-22(18,19)3;1-5-16-7-9-19-18-8-6-17-14-21(2,24)12-13-23(17,15-25-4)20(18)10-11-22(16,19)3;3*1-4-15-6-8-18-17-7-5-16-13-20(2,24)11-12-22(16,14-23)19(17)9-10-21(15,18)3;2*1-3-2;1-2;;;;;;;;;;;/h15-20,24-25H,5-14H2,1-4H3;5,17-20,24H,6-15H2,1-4H3;2*4,16-19,23-24H,5-14H2,1-3H3;4,14,16-19,24H,5-13H2,1-3H3;2*3H,1-2H3;1H3;1H4;;9*1H/q;;;;;;;;-1;+1;;;;;;;;;/b;16-5-;3*15-4-;;;;;;;;;;;;;;/t15?,16-,17+,18-,19+,20+,21-,22-,23-;17-,18+,19+,20+,21-,22-,23-;3*16-,17+,18+,19+,20-,21-,22-;;;;;;;;;;;;;;/m11111............../s1/i14D;15D;14D;;;;;1D;1D4;;6*1+1D;3*1+1/t14?,15?,16-,17+,18-,19+,20+,21-,22-,23-;15?,17-,18+,19+,20+,21-,22-,23-;14?,16-,17+,18+,19+,20-,21-,22-;;;;;;;;;;;;;;;;. The average Bonchev–Trinajstić information content (AvgIpc) is 1.32. The van der Waals surface area contributed by atoms with Crippen LogP contribution >= 0.6 is 17.2 Å². The van der Waals surface area contributed by atoms with Crippen LogP contribution in [0.2, 0.25) is 0 Å². The molecule has 11 nitrogen and oxygen atoms in total. The van der Waals surface area contributed by atoms with Gasteiger partial charge in [0, 0.05) is 54.9 Å². The number of aliphatic hydroxyl groups is 8. The smallest absolute Gasteiger partial charge is 0.396 e. The summed E-state index contributed by atoms with van der Waals surface area (Å²) < 4.78 is 137. The third-order valence-electron chi connectivity index (χ3n) is 45.6. The van der Waals surface area contributed by atoms with Gasteiger partial charge in [0.15, 0.2) is 0 Å². The van der Waals surface area contributed by atoms with E-state index in [0.717, 1.165) is 193 Å². The molecule has 4 unspecified atom stereocenters. The summed E-state index contributed by atoms with van der Waals surface area (Å²) in [5, 5.41) is 84.8. The number of alkyl halides is 1. The first-order valence-electron chi connectivity index (χ1n) is 65.4. The molecular weight excluding hydrogens is 1700 g/mol. The van der Waals surface area contributed by atoms with Gasteiger partial charge in [0.2, 0.25) is 0 Å². The molecule has 20 aliphatic carbocycles. The Kier molecular flexibility index (Phi) is 31.4. The number of carbonyl (C=O) groups excluding carboxylic acids is 1. The topological polar surface area (TPSA) is 197 Å². The first-order valence-corrected chi connectivity index (χ1v) is 58.7. The number of methoxy groups -OCH3 is 2. The molecule has 133 heavy (non-hydrogen) atoms. The van der Waals surface area contributed by atoms with Crippen molar-refractivity contribution in [1.82, 2.24) is 0 Å². The monoisotopic (exact) mass is 1940 g/mol. The summed E-state index contributed by atoms with van der Waals surface area (Å²) in [6.45, 7) is 40.3. The molecule has 778 valence electrons. The number of aliphatic hydroxyl groups excluding tert-OH is 3. The molecule has 0 bridgehead atoms. The van der Waals surface area contributed by atoms with Crippen LogP contribution in [0.5, 0.6) is 0 Å². The van der Waals surface area contributed by atoms with Crippen molar-refractivity contribution in [2.45, 2.75) is 427 Å². The Morgan fingerprint density at radius 2 is 0.684 bits per heavy atom. The average molecular weight is 1940 g/mol. The van der Waals surface area contributed by atoms with Crippen LogP contribution in [-0.4, -0.2) is 169 Å². The van der Waals surface area contributed by atoms with Gasteiger partial charge in [-0.1, -0.05) is 89.5 Å². The second-order valence-corrected chi connectivity index (χ2v) is 53.8. The zero-order chi connectivity index (χ0) is 115. The summed E-state index contributed by atoms with van der Waals surface area (Å²) in [5.74, 6) is 12.8. The SMILES string of the molecule is C/C=C1/CC[C@H]2[C@@H]3CC[C@@H]4C[C@](C)(O)CC[C@]4(C=O)[C@H]3CC[C@]12C.C/C=C1/CC[C@H]2[C@@H]3CC[C@@H]4C[C@](C)(O)CC[C@]4(CO)[C@H]3CC[C@]12C.CPC.CPC.[2HH].[2HH].[2HH].[2H]C(O)[C@]12CC[C@@](C)(O)C[C@H]1CC[C@@H]1[C@@H]2CC[C@]2(C)/C(=C\C)CC[C@@H]12.[2H]C(OC)[C@]12CC[C@@](C)(O)C[C@H]1CC[C@@H]1[C@@H]2CC[C@]2(C)/C(=C\C)CC[C@@H]12.[2H]C(OC)[C@]12CC[C@@](C)(O)C[C@H]1CC[C@H]1[C@@H]3CC[C@H](C(C)O)[C@@]3(C)CC[C@@H]12.[2H]CF.[2H][2H].[2H][2H].[2H][2H].[2H][2H].[2H][2H].[2H][2H].[2H][B-]([2H])([2H])[2H].[Na+]. The van der Waals surface area contributed by atoms with Gasteiger partial charge in [-0.05, 0) is 558 Å². The molecule has 0 aromatic carbocycles. The van der Waals surface area contributed by atoms with Crippen molar-refractivity contribution in [3.05, 3.63) is 46.6 Å². The van der Waals surface area contributed by atoms with Crippen LogP contribution in [0.1, 0.15) is 420 Å². The minimum atomic E-state index is -3.00. The summed E-state index contributed by atoms with van der Waals surface area (Å²) in [4.78, 5) is 12.4. The third-order valence-corrected chi connectivity index (χ3v) is 45.6. The molecule has 40 atom stereocenters. The van der Waals surface area contributed by atoms with E-state index in [1.54, 1.807) is 36.5 Å². The van der Waals surface area contributed by atoms with Gasteiger partial charge < -0.3 is 55.1 Å². The molecule has 0 aliphatic heterocycles. The van der Waals surface area contributed by atoms with E-state index in [4.69, 9.17) is 38.1 Å². The van der Waals surface area contributed by atoms with Crippen molar-refractivity contribution < 1.29 is 117 Å². The number of hydrogen-bond acceptors (Lipinski definition) is 11. The molecule has 20 fully saturated rings. The minimum Gasteiger partial charge on any atom is -0.396 e. The van der Waals surface area contributed by atoms with Crippen molar-refractivity contribution >= 4 is 31.7 Å². The molecule has 0 saturated heterocycles. The van der Waals surface area contributed by atoms with Crippen LogP contribution in [0.3, 0.4) is 0 Å². The van der Waals surface area contributed by atoms with Crippen LogP contribution in [0.15, 0.2) is 46.6 Å². The number of aldehydes is 1. The van der Waals surface area contributed by atoms with Crippen molar-refractivity contribution in [3.63, 3.8) is 0 Å². The third kappa shape index (κ3) is 20.6. The van der Waals surface area contributed by atoms with E-state index in [2.05, 4.69) is 113 Å². The zero-order valence-electron chi connectivity index (χ0n) is 109. The number of allylic oxidation sites excluding steroid dienone is 8. The van der Waals surface area contributed by atoms with Crippen LogP contribution < -0.4 is 29.6 Å². The second kappa shape index (κ2) is 44.4. The van der Waals surface area contributed by atoms with Gasteiger partial charge in [-0.3, -0.25) is 4.39 Å². The van der Waals surface area contributed by atoms with Crippen LogP contribution in [0.25, 0.3) is 0 Å². The fourth-order valence-electron chi connectivity index (χ4n) is 39.6. The zero-order valence-corrected chi connectivity index (χ0v) is 92.8. The quantitative estimate of drug-likeness (QED) is 0.0498. The molecule has 0 aromatic heterocycles. The number of halogens is 1. The maximum atomic E-state index is 12.4. The van der Waals surface area contributed by atoms with Crippen LogP contribution in [-0.2, 0) is 14.3 Å². The Labute approximate surface area is 875 Å². The minimum absolute atomic E-state index is 0. The Morgan fingerprint density at radius 1 is 0.414 bits per heavy atom. The fraction of sp³-hybridized carbons (Fsp3) is 0.923. The number of ether oxygens (including phenoxy) is 2. The van der Waals surface area contributed by atoms with Gasteiger partial charge in [-0.15, -0.1) is 17.2 Å². The summed E-state index contributed by atoms with van der Waals surface area (Å²) in [6.07, 6.45) is 60.8. The van der Waals surface area contributed by atoms with E-state index in [1.807, 2.05) is 41.5 Å². The molecule has 20 saturated carbocycles. The van der Waals surface area contributed by atoms with Crippen molar-refractivity contribution in [3.8, 4) is 0 Å². The fourth-order valence-corrected chi connectivity index (χ4v) is 39.6. The summed E-state index contributed by atoms with van der Waals surface area (Å²) in [6, 6.07) is 0. The van der Waals surface area contributed by atoms with Gasteiger partial charge in [-0.2, -0.15) is 0 Å². The van der Waals surface area contributed by atoms with Crippen molar-refractivity contribution in [1.29, 1.82) is 5.34 Å². The van der Waals surface area contributed by atoms with Gasteiger partial charge in [-0.25, -0.2) is 5.34 Å². The van der Waals surface area contributed by atoms with E-state index in [-0.39, 0.29) is 72.4 Å². The maximum absolute atomic E-state index is 12.4. The summed E-state index contributed by atoms with van der Waals surface area (Å²) in [5.41, 5.74) is 5.33. The predicted octanol–water partition coefficient (Wildman–Crippen LogP) is 24.3. The Balaban J connectivity index is 0.000000619. The number of hydrogen-bond donors (Lipinski definition) is 8. The van der Waals surface area contributed by atoms with Crippen LogP contribution in [0, 0.1) is 178 Å². The Hall–Kier alpha value is 0.0849. The van der Waals surface area contributed by atoms with E-state index in [0.29, 0.717) is 111 Å². The second-order valence-electron chi connectivity index (χ2n) is 51.8. The predicted molar refractivity (Wildman–Crippen MR) is 575 cm³/mol. The van der Waals surface area contributed by atoms with Gasteiger partial charge in [0.05, 0.1) is 59.9 Å². The molecule has 0 aromatic rings. The number of rotatable bonds is 8. The Bertz CT molecular complexity index is 4230. The molecule has 16 heteroatoms. The molecule has 0 heterocycles. The van der Waals surface area contributed by atoms with Crippen LogP contribution in [0.4, 0.5) is 4.39 Å². The largest absolute Gasteiger partial charge is 1.00 e. The number of fused-ring (bicyclic) bond motifs is 25. The van der Waals surface area contributed by atoms with Crippen molar-refractivity contribution in [2.24, 2.45) is 178 Å². The molecule has 8 N–H and O–H groups in total. The van der Waals surface area contributed by atoms with E-state index in [9.17, 15) is 50.0 Å². The number of carbonyl (C=O) groups is 1. The van der Waals surface area contributed by atoms with E-state index < -0.39 is 63.2 Å². The van der Waals surface area contributed by atoms with E-state index >= 15 is 0 Å². The maximum Gasteiger partial charge on any atom is 1.00 e. The first-order chi connectivity index (χ1) is 71.6. The normalized spacial score (nSPS) is 53.4. The Morgan fingerprint density at radius 3 is 1.01 bits per heavy atom. The van der Waals surface area contributed by atoms with Gasteiger partial charge in [0.25, 0.3) is 0 Å². The summed E-state index contributed by atoms with van der Waals surface area (Å²) >= 11 is 0. The summed E-state index contributed by atoms with van der Waals surface area (Å²) in [7, 11) is 1.59. The molecule has 0 amide bonds. The molecular formula is C117H223BFNaO11P2. The first kappa shape index (κ1) is 94.1. The van der Waals surface area contributed by atoms with E-state index in [1.165, 1.54) is 160 Å². The molecule has 20 rings (SSSR count). The van der Waals surface area contributed by atoms with Gasteiger partial charge in [0.1, 0.15) is 6.29 Å². The van der Waals surface area contributed by atoms with Gasteiger partial charge >= 0.3 is 29.6 Å².